The van der Waals surface area contributed by atoms with Crippen molar-refractivity contribution in [1.29, 1.82) is 0 Å². The summed E-state index contributed by atoms with van der Waals surface area (Å²) in [5, 5.41) is 12.2. The smallest absolute Gasteiger partial charge is 0.326 e. The van der Waals surface area contributed by atoms with E-state index in [0.717, 1.165) is 11.1 Å². The van der Waals surface area contributed by atoms with Gasteiger partial charge in [-0.25, -0.2) is 19.2 Å². The van der Waals surface area contributed by atoms with Crippen molar-refractivity contribution in [3.05, 3.63) is 95.7 Å². The molecule has 2 aromatic carbocycles. The third kappa shape index (κ3) is 5.28. The summed E-state index contributed by atoms with van der Waals surface area (Å²) in [4.78, 5) is 33.5. The van der Waals surface area contributed by atoms with Gasteiger partial charge in [0.05, 0.1) is 6.04 Å². The van der Waals surface area contributed by atoms with Crippen LogP contribution in [-0.2, 0) is 22.4 Å². The molecular formula is C26H25FN4O3. The number of aliphatic carboxylic acids is 1. The minimum atomic E-state index is -1.08. The highest BCUT2D eigenvalue weighted by Gasteiger charge is 2.22. The van der Waals surface area contributed by atoms with Gasteiger partial charge in [-0.15, -0.1) is 0 Å². The quantitative estimate of drug-likeness (QED) is 0.395. The number of imidazole rings is 1. The van der Waals surface area contributed by atoms with Crippen LogP contribution in [0.15, 0.2) is 72.9 Å². The maximum absolute atomic E-state index is 13.4. The minimum Gasteiger partial charge on any atom is -0.480 e. The normalized spacial score (nSPS) is 12.9. The summed E-state index contributed by atoms with van der Waals surface area (Å²) in [6.07, 6.45) is 2.24. The van der Waals surface area contributed by atoms with Crippen LogP contribution < -0.4 is 5.32 Å². The van der Waals surface area contributed by atoms with Crippen LogP contribution in [0.2, 0.25) is 0 Å². The van der Waals surface area contributed by atoms with E-state index in [1.165, 1.54) is 12.1 Å². The summed E-state index contributed by atoms with van der Waals surface area (Å²) in [5.41, 5.74) is 3.07. The number of rotatable bonds is 9. The number of benzene rings is 2. The molecule has 0 spiro atoms. The molecule has 0 fully saturated rings. The molecule has 0 aliphatic rings. The predicted molar refractivity (Wildman–Crippen MR) is 126 cm³/mol. The highest BCUT2D eigenvalue weighted by molar-refractivity contribution is 5.84. The van der Waals surface area contributed by atoms with Crippen molar-refractivity contribution in [3.63, 3.8) is 0 Å². The van der Waals surface area contributed by atoms with Gasteiger partial charge in [0.25, 0.3) is 0 Å². The van der Waals surface area contributed by atoms with Gasteiger partial charge in [0, 0.05) is 25.5 Å². The number of carbonyl (C=O) groups is 2. The zero-order valence-electron chi connectivity index (χ0n) is 18.7. The topological polar surface area (TPSA) is 97.1 Å². The molecule has 0 aliphatic heterocycles. The van der Waals surface area contributed by atoms with Crippen molar-refractivity contribution >= 4 is 23.0 Å². The molecule has 0 saturated heterocycles. The molecule has 4 aromatic rings. The van der Waals surface area contributed by atoms with Crippen molar-refractivity contribution in [3.8, 4) is 0 Å². The van der Waals surface area contributed by atoms with Gasteiger partial charge in [0.15, 0.2) is 5.65 Å². The average molecular weight is 461 g/mol. The van der Waals surface area contributed by atoms with E-state index >= 15 is 0 Å². The average Bonchev–Trinajstić information content (AvgIpc) is 3.21. The Kier molecular flexibility index (Phi) is 6.96. The molecule has 2 heterocycles. The molecule has 7 nitrogen and oxygen atoms in total. The van der Waals surface area contributed by atoms with E-state index in [-0.39, 0.29) is 30.6 Å². The van der Waals surface area contributed by atoms with Gasteiger partial charge >= 0.3 is 5.97 Å². The molecule has 0 radical (unpaired) electrons. The molecule has 2 unspecified atom stereocenters. The van der Waals surface area contributed by atoms with E-state index in [4.69, 9.17) is 0 Å². The highest BCUT2D eigenvalue weighted by atomic mass is 19.1. The minimum absolute atomic E-state index is 0.0675. The third-order valence-electron chi connectivity index (χ3n) is 5.75. The number of fused-ring (bicyclic) bond motifs is 1. The second kappa shape index (κ2) is 10.2. The molecule has 2 aromatic heterocycles. The number of aromatic nitrogens is 3. The van der Waals surface area contributed by atoms with E-state index < -0.39 is 12.0 Å². The number of carbonyl (C=O) groups excluding carboxylic acids is 1. The first-order chi connectivity index (χ1) is 16.4. The van der Waals surface area contributed by atoms with Gasteiger partial charge in [-0.2, -0.15) is 0 Å². The first kappa shape index (κ1) is 23.1. The fourth-order valence-corrected chi connectivity index (χ4v) is 3.99. The van der Waals surface area contributed by atoms with Crippen LogP contribution in [0.5, 0.6) is 0 Å². The van der Waals surface area contributed by atoms with E-state index in [2.05, 4.69) is 15.3 Å². The first-order valence-corrected chi connectivity index (χ1v) is 11.1. The molecule has 8 heteroatoms. The highest BCUT2D eigenvalue weighted by Crippen LogP contribution is 2.25. The summed E-state index contributed by atoms with van der Waals surface area (Å²) in [6, 6.07) is 17.8. The van der Waals surface area contributed by atoms with Gasteiger partial charge in [0.1, 0.15) is 23.2 Å². The molecule has 0 aliphatic carbocycles. The van der Waals surface area contributed by atoms with Crippen LogP contribution in [-0.4, -0.2) is 37.6 Å². The first-order valence-electron chi connectivity index (χ1n) is 11.1. The number of pyridine rings is 1. The Balaban J connectivity index is 1.51. The maximum Gasteiger partial charge on any atom is 0.326 e. The van der Waals surface area contributed by atoms with Crippen LogP contribution in [0.1, 0.15) is 36.3 Å². The van der Waals surface area contributed by atoms with E-state index in [1.54, 1.807) is 24.4 Å². The number of hydrogen-bond acceptors (Lipinski definition) is 4. The van der Waals surface area contributed by atoms with Crippen LogP contribution in [0.3, 0.4) is 0 Å². The lowest BCUT2D eigenvalue weighted by atomic mass is 10.1. The lowest BCUT2D eigenvalue weighted by Gasteiger charge is -2.18. The van der Waals surface area contributed by atoms with Crippen LogP contribution in [0, 0.1) is 5.82 Å². The predicted octanol–water partition coefficient (Wildman–Crippen LogP) is 3.92. The molecule has 0 bridgehead atoms. The van der Waals surface area contributed by atoms with E-state index in [1.807, 2.05) is 47.9 Å². The molecule has 4 rings (SSSR count). The summed E-state index contributed by atoms with van der Waals surface area (Å²) < 4.78 is 15.4. The van der Waals surface area contributed by atoms with Crippen molar-refractivity contribution in [2.24, 2.45) is 0 Å². The van der Waals surface area contributed by atoms with Crippen LogP contribution in [0.4, 0.5) is 4.39 Å². The Morgan fingerprint density at radius 3 is 2.50 bits per heavy atom. The number of nitrogens with one attached hydrogen (secondary N) is 1. The molecular weight excluding hydrogens is 435 g/mol. The Hall–Kier alpha value is -4.07. The fraction of sp³-hybridized carbons (Fsp3) is 0.231. The van der Waals surface area contributed by atoms with Crippen molar-refractivity contribution in [2.45, 2.75) is 38.3 Å². The number of nitrogens with zero attached hydrogens (tertiary/aromatic N) is 3. The van der Waals surface area contributed by atoms with Gasteiger partial charge in [-0.3, -0.25) is 4.79 Å². The number of hydrogen-bond donors (Lipinski definition) is 2. The maximum atomic E-state index is 13.4. The Morgan fingerprint density at radius 2 is 1.79 bits per heavy atom. The van der Waals surface area contributed by atoms with Gasteiger partial charge in [0.2, 0.25) is 5.91 Å². The molecule has 174 valence electrons. The Bertz CT molecular complexity index is 1290. The van der Waals surface area contributed by atoms with Crippen LogP contribution >= 0.6 is 0 Å². The molecule has 2 N–H and O–H groups in total. The Morgan fingerprint density at radius 1 is 1.06 bits per heavy atom. The number of aryl methyl sites for hydroxylation is 1. The monoisotopic (exact) mass is 460 g/mol. The summed E-state index contributed by atoms with van der Waals surface area (Å²) in [6.45, 7) is 1.97. The summed E-state index contributed by atoms with van der Waals surface area (Å²) in [7, 11) is 0. The Labute approximate surface area is 196 Å². The zero-order chi connectivity index (χ0) is 24.1. The summed E-state index contributed by atoms with van der Waals surface area (Å²) >= 11 is 0. The fourth-order valence-electron chi connectivity index (χ4n) is 3.99. The van der Waals surface area contributed by atoms with Crippen molar-refractivity contribution in [2.75, 3.05) is 0 Å². The van der Waals surface area contributed by atoms with E-state index in [0.29, 0.717) is 23.4 Å². The standard InChI is InChI=1S/C26H25FN4O3/c1-17(19-9-11-20(27)12-10-19)31-23(29-21-8-5-15-28-25(21)31)13-14-24(32)30-22(26(33)34)16-18-6-3-2-4-7-18/h2-12,15,17,22H,13-14,16H2,1H3,(H,30,32)(H,33,34). The SMILES string of the molecule is CC(c1ccc(F)cc1)n1c(CCC(=O)NC(Cc2ccccc2)C(=O)O)nc2cccnc21. The second-order valence-electron chi connectivity index (χ2n) is 8.12. The number of carboxylic acids is 1. The van der Waals surface area contributed by atoms with Gasteiger partial charge in [-0.1, -0.05) is 42.5 Å². The third-order valence-corrected chi connectivity index (χ3v) is 5.75. The molecule has 34 heavy (non-hydrogen) atoms. The molecule has 1 amide bonds. The molecule has 2 atom stereocenters. The molecule has 0 saturated carbocycles. The lowest BCUT2D eigenvalue weighted by Crippen LogP contribution is -2.42. The number of halogens is 1. The van der Waals surface area contributed by atoms with E-state index in [9.17, 15) is 19.1 Å². The number of amides is 1. The summed E-state index contributed by atoms with van der Waals surface area (Å²) in [5.74, 6) is -1.12. The van der Waals surface area contributed by atoms with Crippen LogP contribution in [0.25, 0.3) is 11.2 Å². The zero-order valence-corrected chi connectivity index (χ0v) is 18.7. The lowest BCUT2D eigenvalue weighted by molar-refractivity contribution is -0.141. The largest absolute Gasteiger partial charge is 0.480 e. The van der Waals surface area contributed by atoms with Gasteiger partial charge < -0.3 is 15.0 Å². The van der Waals surface area contributed by atoms with Crippen molar-refractivity contribution < 1.29 is 19.1 Å². The number of carboxylic acid groups (broad SMARTS) is 1. The second-order valence-corrected chi connectivity index (χ2v) is 8.12. The van der Waals surface area contributed by atoms with Gasteiger partial charge in [-0.05, 0) is 42.3 Å². The van der Waals surface area contributed by atoms with Crippen molar-refractivity contribution in [1.82, 2.24) is 19.9 Å².